The normalized spacial score (nSPS) is 29.4. The van der Waals surface area contributed by atoms with E-state index in [4.69, 9.17) is 4.74 Å². The van der Waals surface area contributed by atoms with Crippen LogP contribution in [0.5, 0.6) is 5.75 Å². The average molecular weight is 590 g/mol. The number of nitrogens with zero attached hydrogens (tertiary/aromatic N) is 1. The van der Waals surface area contributed by atoms with Crippen LogP contribution < -0.4 is 4.74 Å². The Balaban J connectivity index is 1.48. The Morgan fingerprint density at radius 1 is 0.841 bits per heavy atom. The molecule has 1 saturated carbocycles. The minimum atomic E-state index is -1.32. The highest BCUT2D eigenvalue weighted by Crippen LogP contribution is 2.63. The molecule has 0 unspecified atom stereocenters. The smallest absolute Gasteiger partial charge is 0.257 e. The fourth-order valence-corrected chi connectivity index (χ4v) is 8.15. The van der Waals surface area contributed by atoms with Gasteiger partial charge in [0.05, 0.1) is 23.9 Å². The van der Waals surface area contributed by atoms with Crippen LogP contribution in [0.3, 0.4) is 0 Å². The second-order valence-electron chi connectivity index (χ2n) is 11.9. The van der Waals surface area contributed by atoms with E-state index in [9.17, 15) is 29.5 Å². The Hall–Kier alpha value is -4.66. The zero-order valence-corrected chi connectivity index (χ0v) is 23.8. The lowest BCUT2D eigenvalue weighted by molar-refractivity contribution is -0.173. The summed E-state index contributed by atoms with van der Waals surface area (Å²) in [5, 5.41) is 19.8. The van der Waals surface area contributed by atoms with E-state index in [1.807, 2.05) is 78.9 Å². The van der Waals surface area contributed by atoms with E-state index in [0.717, 1.165) is 11.1 Å². The minimum absolute atomic E-state index is 0.128. The fourth-order valence-electron chi connectivity index (χ4n) is 8.15. The van der Waals surface area contributed by atoms with E-state index in [-0.39, 0.29) is 42.7 Å². The van der Waals surface area contributed by atoms with Crippen molar-refractivity contribution in [1.29, 1.82) is 0 Å². The molecule has 0 radical (unpaired) electrons. The van der Waals surface area contributed by atoms with Gasteiger partial charge in [-0.2, -0.15) is 5.06 Å². The first-order valence-electron chi connectivity index (χ1n) is 14.9. The number of fused-ring (bicyclic) bond motifs is 4. The number of hydrogen-bond acceptors (Lipinski definition) is 7. The van der Waals surface area contributed by atoms with E-state index in [1.54, 1.807) is 12.1 Å². The first-order chi connectivity index (χ1) is 21.4. The van der Waals surface area contributed by atoms with Crippen LogP contribution in [0.15, 0.2) is 103 Å². The molecule has 44 heavy (non-hydrogen) atoms. The molecule has 0 spiro atoms. The summed E-state index contributed by atoms with van der Waals surface area (Å²) in [6.07, 6.45) is 3.86. The Kier molecular flexibility index (Phi) is 6.91. The molecule has 3 aliphatic carbocycles. The number of hydrogen-bond donors (Lipinski definition) is 2. The van der Waals surface area contributed by atoms with Crippen LogP contribution in [0.25, 0.3) is 5.57 Å². The molecule has 6 atom stereocenters. The molecule has 8 heteroatoms. The van der Waals surface area contributed by atoms with Crippen LogP contribution in [0.1, 0.15) is 35.4 Å². The number of amides is 2. The summed E-state index contributed by atoms with van der Waals surface area (Å²) in [6, 6.07) is 25.7. The molecule has 7 rings (SSSR count). The van der Waals surface area contributed by atoms with Crippen LogP contribution in [0.4, 0.5) is 0 Å². The number of rotatable bonds is 6. The summed E-state index contributed by atoms with van der Waals surface area (Å²) < 4.78 is 5.61. The van der Waals surface area contributed by atoms with Gasteiger partial charge in [-0.25, -0.2) is 0 Å². The lowest BCUT2D eigenvalue weighted by Gasteiger charge is -2.55. The van der Waals surface area contributed by atoms with E-state index in [0.29, 0.717) is 22.4 Å². The van der Waals surface area contributed by atoms with Crippen molar-refractivity contribution >= 4 is 29.0 Å². The number of ketones is 2. The van der Waals surface area contributed by atoms with Crippen LogP contribution in [0, 0.1) is 23.7 Å². The first-order valence-corrected chi connectivity index (χ1v) is 14.9. The fraction of sp³-hybridized carbons (Fsp3) is 0.278. The van der Waals surface area contributed by atoms with Crippen molar-refractivity contribution in [3.63, 3.8) is 0 Å². The van der Waals surface area contributed by atoms with Gasteiger partial charge in [-0.05, 0) is 53.7 Å². The van der Waals surface area contributed by atoms with Crippen molar-refractivity contribution in [3.05, 3.63) is 119 Å². The summed E-state index contributed by atoms with van der Waals surface area (Å²) in [5.74, 6) is -4.70. The van der Waals surface area contributed by atoms with Crippen molar-refractivity contribution < 1.29 is 34.2 Å². The highest BCUT2D eigenvalue weighted by Gasteiger charge is 2.65. The second-order valence-corrected chi connectivity index (χ2v) is 11.9. The molecule has 1 heterocycles. The number of aliphatic hydroxyl groups excluding tert-OH is 1. The number of allylic oxidation sites excluding steroid dienone is 4. The SMILES string of the molecule is O=C1C(c2ccccc2)=CC(=O)[C@@]2(c3ccccc3)[C@@H](c3ccc(OCCO)cc3)C3=CC[C@@H]4C(=O)N(O)C(=O)[C@@H]4[C@@H]3C[C@@H]12. The number of ether oxygens (including phenoxy) is 1. The third-order valence-corrected chi connectivity index (χ3v) is 9.93. The van der Waals surface area contributed by atoms with Gasteiger partial charge in [-0.1, -0.05) is 84.4 Å². The zero-order valence-electron chi connectivity index (χ0n) is 23.8. The maximum absolute atomic E-state index is 14.9. The van der Waals surface area contributed by atoms with Crippen molar-refractivity contribution in [2.75, 3.05) is 13.2 Å². The molecule has 1 saturated heterocycles. The number of benzene rings is 3. The van der Waals surface area contributed by atoms with E-state index in [1.165, 1.54) is 6.08 Å². The molecule has 2 fully saturated rings. The molecule has 3 aromatic rings. The van der Waals surface area contributed by atoms with Gasteiger partial charge < -0.3 is 9.84 Å². The zero-order chi connectivity index (χ0) is 30.6. The predicted octanol–water partition coefficient (Wildman–Crippen LogP) is 4.27. The van der Waals surface area contributed by atoms with Crippen molar-refractivity contribution in [3.8, 4) is 5.75 Å². The van der Waals surface area contributed by atoms with Crippen molar-refractivity contribution in [1.82, 2.24) is 5.06 Å². The van der Waals surface area contributed by atoms with Gasteiger partial charge in [-0.15, -0.1) is 0 Å². The van der Waals surface area contributed by atoms with Gasteiger partial charge in [0.25, 0.3) is 11.8 Å². The molecule has 0 bridgehead atoms. The quantitative estimate of drug-likeness (QED) is 0.250. The Bertz CT molecular complexity index is 1710. The monoisotopic (exact) mass is 589 g/mol. The van der Waals surface area contributed by atoms with Gasteiger partial charge in [0, 0.05) is 17.4 Å². The molecule has 2 amide bonds. The molecule has 2 N–H and O–H groups in total. The van der Waals surface area contributed by atoms with Gasteiger partial charge in [0.15, 0.2) is 11.6 Å². The lowest BCUT2D eigenvalue weighted by Crippen LogP contribution is -2.58. The van der Waals surface area contributed by atoms with E-state index >= 15 is 0 Å². The molecule has 8 nitrogen and oxygen atoms in total. The van der Waals surface area contributed by atoms with Gasteiger partial charge in [0.2, 0.25) is 0 Å². The van der Waals surface area contributed by atoms with Gasteiger partial charge in [-0.3, -0.25) is 24.4 Å². The molecular weight excluding hydrogens is 558 g/mol. The van der Waals surface area contributed by atoms with Crippen molar-refractivity contribution in [2.45, 2.75) is 24.2 Å². The summed E-state index contributed by atoms with van der Waals surface area (Å²) in [4.78, 5) is 55.8. The number of carbonyl (C=O) groups is 4. The maximum Gasteiger partial charge on any atom is 0.257 e. The number of hydroxylamine groups is 2. The third kappa shape index (κ3) is 4.05. The number of carbonyl (C=O) groups excluding carboxylic acids is 4. The standard InChI is InChI=1S/C36H31NO7/c38-17-18-44-24-13-11-22(12-14-24)32-25-15-16-26-31(35(42)37(43)34(26)41)28(25)19-29-33(40)27(21-7-3-1-4-8-21)20-30(39)36(29,32)23-9-5-2-6-10-23/h1-15,20,26,28-29,31-32,38,43H,16-19H2/t26-,28+,29-,31-,32-,36-/m0/s1. The number of aliphatic hydroxyl groups is 1. The molecule has 3 aromatic carbocycles. The third-order valence-electron chi connectivity index (χ3n) is 9.93. The summed E-state index contributed by atoms with van der Waals surface area (Å²) >= 11 is 0. The second kappa shape index (κ2) is 10.8. The van der Waals surface area contributed by atoms with Crippen molar-refractivity contribution in [2.24, 2.45) is 23.7 Å². The Morgan fingerprint density at radius 2 is 1.52 bits per heavy atom. The molecule has 222 valence electrons. The van der Waals surface area contributed by atoms with Crippen LogP contribution in [0.2, 0.25) is 0 Å². The number of imide groups is 1. The highest BCUT2D eigenvalue weighted by molar-refractivity contribution is 6.31. The Labute approximate surface area is 254 Å². The topological polar surface area (TPSA) is 121 Å². The minimum Gasteiger partial charge on any atom is -0.491 e. The lowest BCUT2D eigenvalue weighted by atomic mass is 9.44. The number of Topliss-reactive ketones (excluding diaryl/α,β-unsaturated/α-hetero) is 1. The van der Waals surface area contributed by atoms with Crippen LogP contribution in [-0.4, -0.2) is 52.0 Å². The summed E-state index contributed by atoms with van der Waals surface area (Å²) in [6.45, 7) is -0.00937. The van der Waals surface area contributed by atoms with Gasteiger partial charge in [0.1, 0.15) is 12.4 Å². The molecule has 0 aromatic heterocycles. The first kappa shape index (κ1) is 28.1. The average Bonchev–Trinajstić information content (AvgIpc) is 3.29. The van der Waals surface area contributed by atoms with E-state index in [2.05, 4.69) is 0 Å². The van der Waals surface area contributed by atoms with E-state index < -0.39 is 46.8 Å². The molecular formula is C36H31NO7. The van der Waals surface area contributed by atoms with Crippen LogP contribution >= 0.6 is 0 Å². The maximum atomic E-state index is 14.9. The largest absolute Gasteiger partial charge is 0.491 e. The highest BCUT2D eigenvalue weighted by atomic mass is 16.5. The van der Waals surface area contributed by atoms with Crippen LogP contribution in [-0.2, 0) is 24.6 Å². The Morgan fingerprint density at radius 3 is 2.20 bits per heavy atom. The molecule has 1 aliphatic heterocycles. The van der Waals surface area contributed by atoms with Gasteiger partial charge >= 0.3 is 0 Å². The molecule has 4 aliphatic rings. The summed E-state index contributed by atoms with van der Waals surface area (Å²) in [7, 11) is 0. The predicted molar refractivity (Wildman–Crippen MR) is 159 cm³/mol. The summed E-state index contributed by atoms with van der Waals surface area (Å²) in [5.41, 5.74) is 1.95.